The molecule has 6 nitrogen and oxygen atoms in total. The molecule has 0 aliphatic heterocycles. The SMILES string of the molecule is COc1ccc(C(O)CNC(=O)c2cc(C)n(-c3ccccc3)n2)cc1. The Hall–Kier alpha value is -3.12. The molecule has 3 rings (SSSR count). The molecule has 0 aliphatic rings. The zero-order chi connectivity index (χ0) is 18.5. The molecule has 0 saturated heterocycles. The number of methoxy groups -OCH3 is 1. The summed E-state index contributed by atoms with van der Waals surface area (Å²) in [5, 5.41) is 17.3. The van der Waals surface area contributed by atoms with E-state index in [2.05, 4.69) is 10.4 Å². The number of nitrogens with one attached hydrogen (secondary N) is 1. The first-order valence-electron chi connectivity index (χ1n) is 8.31. The Morgan fingerprint density at radius 1 is 1.19 bits per heavy atom. The highest BCUT2D eigenvalue weighted by molar-refractivity contribution is 5.92. The van der Waals surface area contributed by atoms with Crippen LogP contribution in [0.15, 0.2) is 60.7 Å². The molecule has 1 atom stereocenters. The van der Waals surface area contributed by atoms with E-state index in [0.717, 1.165) is 11.4 Å². The molecular formula is C20H21N3O3. The summed E-state index contributed by atoms with van der Waals surface area (Å²) in [6, 6.07) is 18.4. The molecule has 0 spiro atoms. The van der Waals surface area contributed by atoms with E-state index >= 15 is 0 Å². The molecule has 1 aromatic heterocycles. The van der Waals surface area contributed by atoms with Gasteiger partial charge in [0.15, 0.2) is 5.69 Å². The van der Waals surface area contributed by atoms with Gasteiger partial charge in [0.05, 0.1) is 18.9 Å². The number of amides is 1. The van der Waals surface area contributed by atoms with Crippen LogP contribution in [-0.4, -0.2) is 34.4 Å². The molecule has 0 bridgehead atoms. The fraction of sp³-hybridized carbons (Fsp3) is 0.200. The second-order valence-corrected chi connectivity index (χ2v) is 5.92. The second kappa shape index (κ2) is 7.84. The monoisotopic (exact) mass is 351 g/mol. The number of benzene rings is 2. The van der Waals surface area contributed by atoms with Crippen molar-refractivity contribution in [3.05, 3.63) is 77.6 Å². The third-order valence-corrected chi connectivity index (χ3v) is 4.08. The van der Waals surface area contributed by atoms with Gasteiger partial charge in [-0.05, 0) is 42.8 Å². The molecule has 0 radical (unpaired) electrons. The van der Waals surface area contributed by atoms with Gasteiger partial charge >= 0.3 is 0 Å². The first-order chi connectivity index (χ1) is 12.6. The maximum Gasteiger partial charge on any atom is 0.271 e. The predicted molar refractivity (Wildman–Crippen MR) is 98.6 cm³/mol. The Labute approximate surface area is 152 Å². The van der Waals surface area contributed by atoms with E-state index < -0.39 is 6.10 Å². The summed E-state index contributed by atoms with van der Waals surface area (Å²) in [4.78, 5) is 12.4. The number of rotatable bonds is 6. The van der Waals surface area contributed by atoms with Gasteiger partial charge in [0, 0.05) is 12.2 Å². The quantitative estimate of drug-likeness (QED) is 0.716. The average molecular weight is 351 g/mol. The van der Waals surface area contributed by atoms with Crippen LogP contribution in [-0.2, 0) is 0 Å². The van der Waals surface area contributed by atoms with E-state index in [1.807, 2.05) is 37.3 Å². The lowest BCUT2D eigenvalue weighted by Crippen LogP contribution is -2.28. The van der Waals surface area contributed by atoms with Gasteiger partial charge in [0.2, 0.25) is 0 Å². The minimum Gasteiger partial charge on any atom is -0.497 e. The van der Waals surface area contributed by atoms with Crippen molar-refractivity contribution in [1.82, 2.24) is 15.1 Å². The van der Waals surface area contributed by atoms with Crippen molar-refractivity contribution in [1.29, 1.82) is 0 Å². The Bertz CT molecular complexity index is 873. The summed E-state index contributed by atoms with van der Waals surface area (Å²) in [5.41, 5.74) is 2.77. The lowest BCUT2D eigenvalue weighted by molar-refractivity contribution is 0.0911. The van der Waals surface area contributed by atoms with Gasteiger partial charge < -0.3 is 15.2 Å². The van der Waals surface area contributed by atoms with Crippen LogP contribution in [0.3, 0.4) is 0 Å². The highest BCUT2D eigenvalue weighted by Crippen LogP contribution is 2.17. The van der Waals surface area contributed by atoms with Crippen molar-refractivity contribution >= 4 is 5.91 Å². The second-order valence-electron chi connectivity index (χ2n) is 5.92. The highest BCUT2D eigenvalue weighted by Gasteiger charge is 2.15. The molecule has 3 aromatic rings. The number of carbonyl (C=O) groups excluding carboxylic acids is 1. The molecule has 2 N–H and O–H groups in total. The largest absolute Gasteiger partial charge is 0.497 e. The minimum atomic E-state index is -0.804. The van der Waals surface area contributed by atoms with E-state index in [9.17, 15) is 9.90 Å². The summed E-state index contributed by atoms with van der Waals surface area (Å²) in [6.07, 6.45) is -0.804. The van der Waals surface area contributed by atoms with Crippen LogP contribution in [0, 0.1) is 6.92 Å². The average Bonchev–Trinajstić information content (AvgIpc) is 3.08. The van der Waals surface area contributed by atoms with Crippen LogP contribution in [0.2, 0.25) is 0 Å². The topological polar surface area (TPSA) is 76.4 Å². The van der Waals surface area contributed by atoms with E-state index in [-0.39, 0.29) is 12.5 Å². The van der Waals surface area contributed by atoms with Crippen molar-refractivity contribution in [2.24, 2.45) is 0 Å². The van der Waals surface area contributed by atoms with Gasteiger partial charge in [0.25, 0.3) is 5.91 Å². The van der Waals surface area contributed by atoms with Crippen LogP contribution in [0.25, 0.3) is 5.69 Å². The molecule has 6 heteroatoms. The van der Waals surface area contributed by atoms with Crippen molar-refractivity contribution in [2.45, 2.75) is 13.0 Å². The molecule has 0 aliphatic carbocycles. The normalized spacial score (nSPS) is 11.8. The first kappa shape index (κ1) is 17.7. The lowest BCUT2D eigenvalue weighted by atomic mass is 10.1. The molecule has 1 unspecified atom stereocenters. The minimum absolute atomic E-state index is 0.0996. The van der Waals surface area contributed by atoms with Crippen molar-refractivity contribution < 1.29 is 14.6 Å². The van der Waals surface area contributed by atoms with Crippen LogP contribution < -0.4 is 10.1 Å². The van der Waals surface area contributed by atoms with Gasteiger partial charge in [-0.25, -0.2) is 4.68 Å². The van der Waals surface area contributed by atoms with Crippen molar-refractivity contribution in [2.75, 3.05) is 13.7 Å². The van der Waals surface area contributed by atoms with Crippen LogP contribution in [0.4, 0.5) is 0 Å². The smallest absolute Gasteiger partial charge is 0.271 e. The van der Waals surface area contributed by atoms with Gasteiger partial charge in [-0.15, -0.1) is 0 Å². The van der Waals surface area contributed by atoms with E-state index in [1.165, 1.54) is 0 Å². The van der Waals surface area contributed by atoms with E-state index in [0.29, 0.717) is 17.0 Å². The number of aliphatic hydroxyl groups is 1. The lowest BCUT2D eigenvalue weighted by Gasteiger charge is -2.12. The maximum atomic E-state index is 12.4. The highest BCUT2D eigenvalue weighted by atomic mass is 16.5. The van der Waals surface area contributed by atoms with Gasteiger partial charge in [0.1, 0.15) is 5.75 Å². The predicted octanol–water partition coefficient (Wildman–Crippen LogP) is 2.65. The Kier molecular flexibility index (Phi) is 5.34. The first-order valence-corrected chi connectivity index (χ1v) is 8.31. The molecular weight excluding hydrogens is 330 g/mol. The Morgan fingerprint density at radius 3 is 2.54 bits per heavy atom. The zero-order valence-corrected chi connectivity index (χ0v) is 14.7. The van der Waals surface area contributed by atoms with Gasteiger partial charge in [-0.1, -0.05) is 30.3 Å². The number of hydrogen-bond acceptors (Lipinski definition) is 4. The van der Waals surface area contributed by atoms with Crippen molar-refractivity contribution in [3.8, 4) is 11.4 Å². The van der Waals surface area contributed by atoms with Gasteiger partial charge in [-0.3, -0.25) is 4.79 Å². The van der Waals surface area contributed by atoms with E-state index in [1.54, 1.807) is 42.1 Å². The Morgan fingerprint density at radius 2 is 1.88 bits per heavy atom. The number of aryl methyl sites for hydroxylation is 1. The standard InChI is InChI=1S/C20H21N3O3/c1-14-12-18(22-23(14)16-6-4-3-5-7-16)20(25)21-13-19(24)15-8-10-17(26-2)11-9-15/h3-12,19,24H,13H2,1-2H3,(H,21,25). The van der Waals surface area contributed by atoms with Crippen LogP contribution >= 0.6 is 0 Å². The summed E-state index contributed by atoms with van der Waals surface area (Å²) >= 11 is 0. The molecule has 2 aromatic carbocycles. The summed E-state index contributed by atoms with van der Waals surface area (Å²) in [7, 11) is 1.59. The number of hydrogen-bond donors (Lipinski definition) is 2. The van der Waals surface area contributed by atoms with E-state index in [4.69, 9.17) is 4.74 Å². The zero-order valence-electron chi connectivity index (χ0n) is 14.7. The van der Waals surface area contributed by atoms with Crippen LogP contribution in [0.1, 0.15) is 27.8 Å². The molecule has 0 saturated carbocycles. The molecule has 134 valence electrons. The fourth-order valence-electron chi connectivity index (χ4n) is 2.64. The summed E-state index contributed by atoms with van der Waals surface area (Å²) < 4.78 is 6.81. The molecule has 1 heterocycles. The maximum absolute atomic E-state index is 12.4. The molecule has 26 heavy (non-hydrogen) atoms. The Balaban J connectivity index is 1.65. The number of nitrogens with zero attached hydrogens (tertiary/aromatic N) is 2. The number of aromatic nitrogens is 2. The summed E-state index contributed by atoms with van der Waals surface area (Å²) in [5.74, 6) is 0.391. The number of aliphatic hydroxyl groups excluding tert-OH is 1. The fourth-order valence-corrected chi connectivity index (χ4v) is 2.64. The van der Waals surface area contributed by atoms with Crippen LogP contribution in [0.5, 0.6) is 5.75 Å². The number of para-hydroxylation sites is 1. The number of carbonyl (C=O) groups is 1. The third-order valence-electron chi connectivity index (χ3n) is 4.08. The molecule has 1 amide bonds. The number of ether oxygens (including phenoxy) is 1. The third kappa shape index (κ3) is 3.92. The molecule has 0 fully saturated rings. The van der Waals surface area contributed by atoms with Gasteiger partial charge in [-0.2, -0.15) is 5.10 Å². The summed E-state index contributed by atoms with van der Waals surface area (Å²) in [6.45, 7) is 1.99. The van der Waals surface area contributed by atoms with Crippen molar-refractivity contribution in [3.63, 3.8) is 0 Å².